The summed E-state index contributed by atoms with van der Waals surface area (Å²) < 4.78 is 0. The number of hydrogen-bond donors (Lipinski definition) is 1. The molecule has 1 aromatic carbocycles. The molecule has 0 bridgehead atoms. The lowest BCUT2D eigenvalue weighted by atomic mass is 10.1. The van der Waals surface area contributed by atoms with Gasteiger partial charge in [-0.15, -0.1) is 23.2 Å². The van der Waals surface area contributed by atoms with Gasteiger partial charge in [-0.05, 0) is 5.56 Å². The molecule has 2 atom stereocenters. The summed E-state index contributed by atoms with van der Waals surface area (Å²) in [7, 11) is 0. The van der Waals surface area contributed by atoms with Gasteiger partial charge in [0.1, 0.15) is 0 Å². The minimum Gasteiger partial charge on any atom is -0.395 e. The van der Waals surface area contributed by atoms with Gasteiger partial charge < -0.3 is 5.11 Å². The lowest BCUT2D eigenvalue weighted by Crippen LogP contribution is -2.11. The number of halogens is 2. The predicted octanol–water partition coefficient (Wildman–Crippen LogP) is 2.57. The first-order valence-electron chi connectivity index (χ1n) is 3.69. The maximum Gasteiger partial charge on any atom is 0.0771 e. The standard InChI is InChI=1S/C9H10Cl2O/c10-8(6-12)9(11)7-4-2-1-3-5-7/h1-5,8-9,12H,6H2/t8-,9-/m0/s1. The van der Waals surface area contributed by atoms with Crippen LogP contribution in [0.25, 0.3) is 0 Å². The summed E-state index contributed by atoms with van der Waals surface area (Å²) in [5, 5.41) is 8.01. The highest BCUT2D eigenvalue weighted by atomic mass is 35.5. The van der Waals surface area contributed by atoms with Crippen LogP contribution in [0, 0.1) is 0 Å². The Morgan fingerprint density at radius 3 is 2.25 bits per heavy atom. The fourth-order valence-corrected chi connectivity index (χ4v) is 1.31. The van der Waals surface area contributed by atoms with Crippen molar-refractivity contribution in [2.45, 2.75) is 10.8 Å². The smallest absolute Gasteiger partial charge is 0.0771 e. The monoisotopic (exact) mass is 204 g/mol. The summed E-state index contributed by atoms with van der Waals surface area (Å²) in [6, 6.07) is 9.48. The first-order valence-corrected chi connectivity index (χ1v) is 4.57. The van der Waals surface area contributed by atoms with Crippen LogP contribution in [0.1, 0.15) is 10.9 Å². The fraction of sp³-hybridized carbons (Fsp3) is 0.333. The van der Waals surface area contributed by atoms with Crippen LogP contribution in [0.15, 0.2) is 30.3 Å². The lowest BCUT2D eigenvalue weighted by molar-refractivity contribution is 0.290. The van der Waals surface area contributed by atoms with Gasteiger partial charge in [-0.2, -0.15) is 0 Å². The second kappa shape index (κ2) is 4.70. The van der Waals surface area contributed by atoms with Crippen LogP contribution in [0.4, 0.5) is 0 Å². The molecule has 0 heterocycles. The van der Waals surface area contributed by atoms with Crippen LogP contribution in [-0.4, -0.2) is 17.1 Å². The molecular weight excluding hydrogens is 195 g/mol. The average molecular weight is 205 g/mol. The number of alkyl halides is 2. The van der Waals surface area contributed by atoms with E-state index in [9.17, 15) is 0 Å². The van der Waals surface area contributed by atoms with Crippen LogP contribution in [0.3, 0.4) is 0 Å². The van der Waals surface area contributed by atoms with E-state index in [2.05, 4.69) is 0 Å². The van der Waals surface area contributed by atoms with Crippen molar-refractivity contribution in [2.24, 2.45) is 0 Å². The van der Waals surface area contributed by atoms with E-state index in [4.69, 9.17) is 28.3 Å². The van der Waals surface area contributed by atoms with Gasteiger partial charge in [0.2, 0.25) is 0 Å². The first-order chi connectivity index (χ1) is 5.75. The molecule has 1 N–H and O–H groups in total. The Balaban J connectivity index is 2.71. The molecule has 0 saturated carbocycles. The molecular formula is C9H10Cl2O. The molecule has 0 unspecified atom stereocenters. The summed E-state index contributed by atoms with van der Waals surface area (Å²) in [5.74, 6) is 0. The Bertz CT molecular complexity index is 225. The highest BCUT2D eigenvalue weighted by Crippen LogP contribution is 2.27. The molecule has 66 valence electrons. The maximum absolute atomic E-state index is 8.75. The number of rotatable bonds is 3. The fourth-order valence-electron chi connectivity index (χ4n) is 0.938. The second-order valence-electron chi connectivity index (χ2n) is 2.51. The van der Waals surface area contributed by atoms with Crippen molar-refractivity contribution in [3.05, 3.63) is 35.9 Å². The van der Waals surface area contributed by atoms with Crippen molar-refractivity contribution in [1.29, 1.82) is 0 Å². The van der Waals surface area contributed by atoms with Gasteiger partial charge in [0.05, 0.1) is 17.4 Å². The van der Waals surface area contributed by atoms with Crippen LogP contribution in [-0.2, 0) is 0 Å². The van der Waals surface area contributed by atoms with Crippen molar-refractivity contribution < 1.29 is 5.11 Å². The quantitative estimate of drug-likeness (QED) is 0.752. The van der Waals surface area contributed by atoms with E-state index in [1.807, 2.05) is 30.3 Å². The topological polar surface area (TPSA) is 20.2 Å². The summed E-state index contributed by atoms with van der Waals surface area (Å²) in [6.07, 6.45) is 0. The molecule has 0 amide bonds. The van der Waals surface area contributed by atoms with Crippen molar-refractivity contribution in [1.82, 2.24) is 0 Å². The van der Waals surface area contributed by atoms with E-state index >= 15 is 0 Å². The molecule has 1 aromatic rings. The average Bonchev–Trinajstić information content (AvgIpc) is 2.17. The zero-order chi connectivity index (χ0) is 8.97. The van der Waals surface area contributed by atoms with Gasteiger partial charge in [-0.1, -0.05) is 30.3 Å². The van der Waals surface area contributed by atoms with Gasteiger partial charge in [-0.25, -0.2) is 0 Å². The van der Waals surface area contributed by atoms with Gasteiger partial charge in [0.25, 0.3) is 0 Å². The molecule has 0 aliphatic carbocycles. The molecule has 3 heteroatoms. The molecule has 0 fully saturated rings. The molecule has 1 nitrogen and oxygen atoms in total. The van der Waals surface area contributed by atoms with Crippen molar-refractivity contribution in [3.63, 3.8) is 0 Å². The van der Waals surface area contributed by atoms with E-state index < -0.39 is 5.38 Å². The highest BCUT2D eigenvalue weighted by Gasteiger charge is 2.16. The Morgan fingerprint density at radius 2 is 1.75 bits per heavy atom. The van der Waals surface area contributed by atoms with Crippen LogP contribution < -0.4 is 0 Å². The van der Waals surface area contributed by atoms with E-state index in [0.29, 0.717) is 0 Å². The van der Waals surface area contributed by atoms with Crippen molar-refractivity contribution in [2.75, 3.05) is 6.61 Å². The third-order valence-electron chi connectivity index (χ3n) is 1.61. The largest absolute Gasteiger partial charge is 0.395 e. The third kappa shape index (κ3) is 2.37. The molecule has 0 aliphatic rings. The number of hydrogen-bond acceptors (Lipinski definition) is 1. The number of benzene rings is 1. The minimum atomic E-state index is -0.422. The number of aliphatic hydroxyl groups is 1. The van der Waals surface area contributed by atoms with E-state index in [0.717, 1.165) is 5.56 Å². The second-order valence-corrected chi connectivity index (χ2v) is 3.54. The van der Waals surface area contributed by atoms with Gasteiger partial charge in [0, 0.05) is 0 Å². The third-order valence-corrected chi connectivity index (χ3v) is 2.69. The Morgan fingerprint density at radius 1 is 1.17 bits per heavy atom. The van der Waals surface area contributed by atoms with E-state index in [1.165, 1.54) is 0 Å². The summed E-state index contributed by atoms with van der Waals surface area (Å²) in [6.45, 7) is -0.107. The minimum absolute atomic E-state index is 0.107. The van der Waals surface area contributed by atoms with Crippen molar-refractivity contribution in [3.8, 4) is 0 Å². The van der Waals surface area contributed by atoms with Crippen LogP contribution in [0.2, 0.25) is 0 Å². The molecule has 0 aliphatic heterocycles. The van der Waals surface area contributed by atoms with Crippen LogP contribution >= 0.6 is 23.2 Å². The maximum atomic E-state index is 8.75. The SMILES string of the molecule is OC[C@H](Cl)[C@@H](Cl)c1ccccc1. The Labute approximate surface area is 81.9 Å². The lowest BCUT2D eigenvalue weighted by Gasteiger charge is -2.13. The normalized spacial score (nSPS) is 15.6. The number of aliphatic hydroxyl groups excluding tert-OH is 1. The van der Waals surface area contributed by atoms with Gasteiger partial charge in [0.15, 0.2) is 0 Å². The predicted molar refractivity (Wildman–Crippen MR) is 51.8 cm³/mol. The van der Waals surface area contributed by atoms with E-state index in [1.54, 1.807) is 0 Å². The van der Waals surface area contributed by atoms with Crippen LogP contribution in [0.5, 0.6) is 0 Å². The molecule has 0 radical (unpaired) electrons. The summed E-state index contributed by atoms with van der Waals surface area (Å²) in [4.78, 5) is 0. The molecule has 0 spiro atoms. The summed E-state index contributed by atoms with van der Waals surface area (Å²) in [5.41, 5.74) is 0.938. The van der Waals surface area contributed by atoms with Gasteiger partial charge >= 0.3 is 0 Å². The van der Waals surface area contributed by atoms with Gasteiger partial charge in [-0.3, -0.25) is 0 Å². The zero-order valence-corrected chi connectivity index (χ0v) is 7.96. The molecule has 1 rings (SSSR count). The molecule has 12 heavy (non-hydrogen) atoms. The van der Waals surface area contributed by atoms with Crippen molar-refractivity contribution >= 4 is 23.2 Å². The highest BCUT2D eigenvalue weighted by molar-refractivity contribution is 6.30. The Kier molecular flexibility index (Phi) is 3.86. The molecule has 0 aromatic heterocycles. The van der Waals surface area contributed by atoms with E-state index in [-0.39, 0.29) is 12.0 Å². The Hall–Kier alpha value is -0.240. The summed E-state index contributed by atoms with van der Waals surface area (Å²) >= 11 is 11.7. The first kappa shape index (κ1) is 9.85. The zero-order valence-electron chi connectivity index (χ0n) is 6.45. The molecule has 0 saturated heterocycles.